The van der Waals surface area contributed by atoms with Gasteiger partial charge in [-0.25, -0.2) is 0 Å². The summed E-state index contributed by atoms with van der Waals surface area (Å²) in [6.07, 6.45) is 5.84. The first-order valence-electron chi connectivity index (χ1n) is 7.19. The van der Waals surface area contributed by atoms with Crippen molar-refractivity contribution in [3.8, 4) is 0 Å². The van der Waals surface area contributed by atoms with Gasteiger partial charge in [0, 0.05) is 32.0 Å². The van der Waals surface area contributed by atoms with E-state index in [4.69, 9.17) is 0 Å². The van der Waals surface area contributed by atoms with E-state index in [-0.39, 0.29) is 23.8 Å². The van der Waals surface area contributed by atoms with E-state index in [9.17, 15) is 9.59 Å². The van der Waals surface area contributed by atoms with Crippen LogP contribution in [-0.2, 0) is 9.59 Å². The Labute approximate surface area is 108 Å². The number of rotatable bonds is 2. The van der Waals surface area contributed by atoms with Crippen molar-refractivity contribution < 1.29 is 9.59 Å². The second-order valence-electron chi connectivity index (χ2n) is 6.24. The summed E-state index contributed by atoms with van der Waals surface area (Å²) in [5, 5.41) is 3.16. The van der Waals surface area contributed by atoms with Gasteiger partial charge in [-0.3, -0.25) is 9.59 Å². The van der Waals surface area contributed by atoms with Crippen molar-refractivity contribution in [2.45, 2.75) is 45.1 Å². The van der Waals surface area contributed by atoms with Crippen molar-refractivity contribution in [1.29, 1.82) is 0 Å². The average Bonchev–Trinajstić information content (AvgIpc) is 3.03. The van der Waals surface area contributed by atoms with Gasteiger partial charge in [-0.15, -0.1) is 0 Å². The molecule has 2 saturated carbocycles. The highest BCUT2D eigenvalue weighted by atomic mass is 16.2. The number of nitrogens with zero attached hydrogens (tertiary/aromatic N) is 1. The van der Waals surface area contributed by atoms with Crippen molar-refractivity contribution in [2.75, 3.05) is 13.1 Å². The topological polar surface area (TPSA) is 49.4 Å². The predicted octanol–water partition coefficient (Wildman–Crippen LogP) is 1.16. The Morgan fingerprint density at radius 1 is 1.17 bits per heavy atom. The van der Waals surface area contributed by atoms with Crippen LogP contribution in [-0.4, -0.2) is 35.8 Å². The first-order valence-corrected chi connectivity index (χ1v) is 7.19. The zero-order valence-corrected chi connectivity index (χ0v) is 11.0. The zero-order valence-electron chi connectivity index (χ0n) is 11.0. The molecule has 4 nitrogen and oxygen atoms in total. The van der Waals surface area contributed by atoms with Crippen molar-refractivity contribution in [3.63, 3.8) is 0 Å². The number of carbonyl (C=O) groups is 2. The Morgan fingerprint density at radius 2 is 2.00 bits per heavy atom. The highest BCUT2D eigenvalue weighted by Crippen LogP contribution is 2.48. The van der Waals surface area contributed by atoms with E-state index in [0.29, 0.717) is 12.5 Å². The first-order chi connectivity index (χ1) is 8.63. The molecule has 3 rings (SSSR count). The number of hydrogen-bond acceptors (Lipinski definition) is 2. The SMILES string of the molecule is CC(=O)N1CCC(NC(=O)C2CC3CCC2C3)C1. The highest BCUT2D eigenvalue weighted by Gasteiger charge is 2.43. The minimum atomic E-state index is 0.117. The lowest BCUT2D eigenvalue weighted by Crippen LogP contribution is -2.42. The van der Waals surface area contributed by atoms with Crippen LogP contribution in [0.3, 0.4) is 0 Å². The molecule has 0 radical (unpaired) electrons. The summed E-state index contributed by atoms with van der Waals surface area (Å²) in [6, 6.07) is 0.181. The number of likely N-dealkylation sites (tertiary alicyclic amines) is 1. The number of carbonyl (C=O) groups excluding carboxylic acids is 2. The molecule has 0 spiro atoms. The normalized spacial score (nSPS) is 38.2. The highest BCUT2D eigenvalue weighted by molar-refractivity contribution is 5.80. The Balaban J connectivity index is 1.51. The fourth-order valence-corrected chi connectivity index (χ4v) is 4.04. The number of amides is 2. The summed E-state index contributed by atoms with van der Waals surface area (Å²) < 4.78 is 0. The molecule has 0 aromatic rings. The van der Waals surface area contributed by atoms with E-state index in [1.165, 1.54) is 19.3 Å². The third-order valence-electron chi connectivity index (χ3n) is 5.05. The number of hydrogen-bond donors (Lipinski definition) is 1. The Morgan fingerprint density at radius 3 is 2.56 bits per heavy atom. The molecule has 4 atom stereocenters. The summed E-state index contributed by atoms with van der Waals surface area (Å²) in [4.78, 5) is 25.3. The molecule has 1 saturated heterocycles. The van der Waals surface area contributed by atoms with Crippen LogP contribution >= 0.6 is 0 Å². The van der Waals surface area contributed by atoms with E-state index >= 15 is 0 Å². The number of nitrogens with one attached hydrogen (secondary N) is 1. The first kappa shape index (κ1) is 12.0. The molecule has 1 heterocycles. The van der Waals surface area contributed by atoms with Gasteiger partial charge in [-0.1, -0.05) is 6.42 Å². The Kier molecular flexibility index (Phi) is 3.04. The lowest BCUT2D eigenvalue weighted by molar-refractivity contribution is -0.129. The van der Waals surface area contributed by atoms with Gasteiger partial charge in [0.15, 0.2) is 0 Å². The van der Waals surface area contributed by atoms with Crippen molar-refractivity contribution in [1.82, 2.24) is 10.2 Å². The third-order valence-corrected chi connectivity index (χ3v) is 5.05. The largest absolute Gasteiger partial charge is 0.351 e. The van der Waals surface area contributed by atoms with E-state index in [1.807, 2.05) is 4.90 Å². The van der Waals surface area contributed by atoms with Crippen LogP contribution in [0.25, 0.3) is 0 Å². The molecule has 4 heteroatoms. The fourth-order valence-electron chi connectivity index (χ4n) is 4.04. The standard InChI is InChI=1S/C14H22N2O2/c1-9(17)16-5-4-12(8-16)15-14(18)13-7-10-2-3-11(13)6-10/h10-13H,2-8H2,1H3,(H,15,18). The Hall–Kier alpha value is -1.06. The molecule has 3 aliphatic rings. The van der Waals surface area contributed by atoms with E-state index < -0.39 is 0 Å². The van der Waals surface area contributed by atoms with Gasteiger partial charge in [0.25, 0.3) is 0 Å². The van der Waals surface area contributed by atoms with Crippen molar-refractivity contribution in [3.05, 3.63) is 0 Å². The van der Waals surface area contributed by atoms with Gasteiger partial charge in [-0.2, -0.15) is 0 Å². The maximum Gasteiger partial charge on any atom is 0.223 e. The maximum atomic E-state index is 12.3. The molecule has 0 aromatic carbocycles. The van der Waals surface area contributed by atoms with Crippen LogP contribution in [0.5, 0.6) is 0 Å². The lowest BCUT2D eigenvalue weighted by atomic mass is 9.88. The minimum absolute atomic E-state index is 0.117. The van der Waals surface area contributed by atoms with Crippen LogP contribution in [0.1, 0.15) is 39.0 Å². The van der Waals surface area contributed by atoms with Gasteiger partial charge in [0.05, 0.1) is 0 Å². The monoisotopic (exact) mass is 250 g/mol. The summed E-state index contributed by atoms with van der Waals surface area (Å²) >= 11 is 0. The van der Waals surface area contributed by atoms with E-state index in [1.54, 1.807) is 6.92 Å². The lowest BCUT2D eigenvalue weighted by Gasteiger charge is -2.23. The molecule has 0 aromatic heterocycles. The molecule has 1 aliphatic heterocycles. The quantitative estimate of drug-likeness (QED) is 0.799. The van der Waals surface area contributed by atoms with Crippen LogP contribution in [0, 0.1) is 17.8 Å². The van der Waals surface area contributed by atoms with Crippen LogP contribution in [0.2, 0.25) is 0 Å². The minimum Gasteiger partial charge on any atom is -0.351 e. The second-order valence-corrected chi connectivity index (χ2v) is 6.24. The summed E-state index contributed by atoms with van der Waals surface area (Å²) in [5.74, 6) is 2.07. The molecule has 100 valence electrons. The van der Waals surface area contributed by atoms with Crippen molar-refractivity contribution in [2.24, 2.45) is 17.8 Å². The van der Waals surface area contributed by atoms with Crippen LogP contribution in [0.15, 0.2) is 0 Å². The Bertz CT molecular complexity index is 369. The molecule has 2 aliphatic carbocycles. The molecule has 3 fully saturated rings. The fraction of sp³-hybridized carbons (Fsp3) is 0.857. The summed E-state index contributed by atoms with van der Waals surface area (Å²) in [7, 11) is 0. The predicted molar refractivity (Wildman–Crippen MR) is 67.7 cm³/mol. The van der Waals surface area contributed by atoms with E-state index in [2.05, 4.69) is 5.32 Å². The maximum absolute atomic E-state index is 12.3. The zero-order chi connectivity index (χ0) is 12.7. The third kappa shape index (κ3) is 2.13. The molecule has 2 amide bonds. The van der Waals surface area contributed by atoms with E-state index in [0.717, 1.165) is 25.3 Å². The smallest absolute Gasteiger partial charge is 0.223 e. The summed E-state index contributed by atoms with van der Waals surface area (Å²) in [6.45, 7) is 3.08. The van der Waals surface area contributed by atoms with Gasteiger partial charge in [-0.05, 0) is 37.5 Å². The van der Waals surface area contributed by atoms with Crippen molar-refractivity contribution >= 4 is 11.8 Å². The van der Waals surface area contributed by atoms with Gasteiger partial charge >= 0.3 is 0 Å². The van der Waals surface area contributed by atoms with Crippen LogP contribution in [0.4, 0.5) is 0 Å². The van der Waals surface area contributed by atoms with Gasteiger partial charge in [0.2, 0.25) is 11.8 Å². The molecule has 1 N–H and O–H groups in total. The van der Waals surface area contributed by atoms with Crippen LogP contribution < -0.4 is 5.32 Å². The molecule has 2 bridgehead atoms. The second kappa shape index (κ2) is 4.56. The van der Waals surface area contributed by atoms with Gasteiger partial charge in [0.1, 0.15) is 0 Å². The molecular formula is C14H22N2O2. The number of fused-ring (bicyclic) bond motifs is 2. The van der Waals surface area contributed by atoms with Gasteiger partial charge < -0.3 is 10.2 Å². The molecule has 18 heavy (non-hydrogen) atoms. The molecular weight excluding hydrogens is 228 g/mol. The summed E-state index contributed by atoms with van der Waals surface area (Å²) in [5.41, 5.74) is 0. The average molecular weight is 250 g/mol. The molecule has 4 unspecified atom stereocenters.